The summed E-state index contributed by atoms with van der Waals surface area (Å²) < 4.78 is 7.34. The van der Waals surface area contributed by atoms with Gasteiger partial charge in [0, 0.05) is 31.6 Å². The summed E-state index contributed by atoms with van der Waals surface area (Å²) in [7, 11) is 1.72. The van der Waals surface area contributed by atoms with Gasteiger partial charge < -0.3 is 14.6 Å². The second-order valence-electron chi connectivity index (χ2n) is 4.49. The summed E-state index contributed by atoms with van der Waals surface area (Å²) in [5.74, 6) is 3.32. The molecule has 0 aliphatic rings. The van der Waals surface area contributed by atoms with Crippen molar-refractivity contribution in [1.29, 1.82) is 0 Å². The molecule has 0 bridgehead atoms. The maximum atomic E-state index is 5.13. The van der Waals surface area contributed by atoms with Crippen molar-refractivity contribution in [1.82, 2.24) is 9.55 Å². The minimum absolute atomic E-state index is 0.272. The highest BCUT2D eigenvalue weighted by Crippen LogP contribution is 2.19. The molecule has 1 aromatic rings. The molecule has 1 heterocycles. The summed E-state index contributed by atoms with van der Waals surface area (Å²) in [5, 5.41) is 3.38. The first-order chi connectivity index (χ1) is 8.69. The number of nitrogens with zero attached hydrogens (tertiary/aromatic N) is 2. The third kappa shape index (κ3) is 4.90. The molecule has 0 fully saturated rings. The van der Waals surface area contributed by atoms with E-state index >= 15 is 0 Å². The topological polar surface area (TPSA) is 39.1 Å². The number of aromatic nitrogens is 2. The predicted molar refractivity (Wildman–Crippen MR) is 79.5 cm³/mol. The Morgan fingerprint density at radius 1 is 1.50 bits per heavy atom. The molecule has 0 aromatic carbocycles. The molecule has 1 N–H and O–H groups in total. The summed E-state index contributed by atoms with van der Waals surface area (Å²) >= 11 is 1.99. The van der Waals surface area contributed by atoms with Crippen LogP contribution in [-0.2, 0) is 4.74 Å². The Hall–Kier alpha value is -0.680. The van der Waals surface area contributed by atoms with Crippen LogP contribution in [0.3, 0.4) is 0 Å². The molecule has 1 rings (SSSR count). The van der Waals surface area contributed by atoms with Gasteiger partial charge in [-0.25, -0.2) is 4.98 Å². The fourth-order valence-electron chi connectivity index (χ4n) is 1.83. The van der Waals surface area contributed by atoms with Gasteiger partial charge in [0.15, 0.2) is 0 Å². The van der Waals surface area contributed by atoms with E-state index in [9.17, 15) is 0 Å². The molecule has 0 spiro atoms. The van der Waals surface area contributed by atoms with E-state index in [0.717, 1.165) is 5.95 Å². The zero-order chi connectivity index (χ0) is 13.4. The van der Waals surface area contributed by atoms with E-state index in [1.165, 1.54) is 17.9 Å². The lowest BCUT2D eigenvalue weighted by molar-refractivity contribution is 0.190. The maximum Gasteiger partial charge on any atom is 0.203 e. The maximum absolute atomic E-state index is 5.13. The lowest BCUT2D eigenvalue weighted by Crippen LogP contribution is -2.23. The van der Waals surface area contributed by atoms with Gasteiger partial charge in [-0.05, 0) is 31.8 Å². The van der Waals surface area contributed by atoms with E-state index in [1.807, 2.05) is 24.2 Å². The molecular formula is C13H25N3OS. The van der Waals surface area contributed by atoms with Crippen molar-refractivity contribution in [3.8, 4) is 0 Å². The zero-order valence-electron chi connectivity index (χ0n) is 11.8. The van der Waals surface area contributed by atoms with Crippen molar-refractivity contribution in [3.63, 3.8) is 0 Å². The second kappa shape index (κ2) is 8.43. The average molecular weight is 271 g/mol. The van der Waals surface area contributed by atoms with Gasteiger partial charge in [-0.3, -0.25) is 0 Å². The van der Waals surface area contributed by atoms with Crippen molar-refractivity contribution in [2.75, 3.05) is 30.5 Å². The van der Waals surface area contributed by atoms with Gasteiger partial charge in [0.2, 0.25) is 5.95 Å². The number of nitrogens with one attached hydrogen (secondary N) is 1. The molecule has 18 heavy (non-hydrogen) atoms. The largest absolute Gasteiger partial charge is 0.383 e. The van der Waals surface area contributed by atoms with E-state index in [4.69, 9.17) is 4.74 Å². The highest BCUT2D eigenvalue weighted by Gasteiger charge is 2.11. The quantitative estimate of drug-likeness (QED) is 0.701. The van der Waals surface area contributed by atoms with Gasteiger partial charge in [-0.15, -0.1) is 0 Å². The minimum atomic E-state index is 0.272. The van der Waals surface area contributed by atoms with E-state index in [0.29, 0.717) is 12.6 Å². The van der Waals surface area contributed by atoms with Gasteiger partial charge in [-0.2, -0.15) is 11.8 Å². The van der Waals surface area contributed by atoms with E-state index in [-0.39, 0.29) is 6.04 Å². The first kappa shape index (κ1) is 15.4. The van der Waals surface area contributed by atoms with Crippen molar-refractivity contribution < 1.29 is 4.74 Å². The summed E-state index contributed by atoms with van der Waals surface area (Å²) in [6.07, 6.45) is 5.07. The van der Waals surface area contributed by atoms with Gasteiger partial charge in [0.1, 0.15) is 0 Å². The molecule has 0 saturated carbocycles. The molecule has 0 aliphatic heterocycles. The first-order valence-corrected chi connectivity index (χ1v) is 7.70. The van der Waals surface area contributed by atoms with Crippen LogP contribution in [0.5, 0.6) is 0 Å². The lowest BCUT2D eigenvalue weighted by atomic mass is 10.2. The SMILES string of the molecule is CCSCCC(C)n1ccnc1NC(C)COC. The van der Waals surface area contributed by atoms with E-state index in [2.05, 4.69) is 35.6 Å². The number of rotatable bonds is 9. The molecule has 4 nitrogen and oxygen atoms in total. The van der Waals surface area contributed by atoms with Crippen molar-refractivity contribution in [2.45, 2.75) is 39.3 Å². The minimum Gasteiger partial charge on any atom is -0.383 e. The number of thioether (sulfide) groups is 1. The fourth-order valence-corrected chi connectivity index (χ4v) is 2.63. The summed E-state index contributed by atoms with van der Waals surface area (Å²) in [4.78, 5) is 4.38. The van der Waals surface area contributed by atoms with Crippen LogP contribution in [0.1, 0.15) is 33.2 Å². The lowest BCUT2D eigenvalue weighted by Gasteiger charge is -2.19. The van der Waals surface area contributed by atoms with Gasteiger partial charge >= 0.3 is 0 Å². The fraction of sp³-hybridized carbons (Fsp3) is 0.769. The van der Waals surface area contributed by atoms with Gasteiger partial charge in [0.05, 0.1) is 6.61 Å². The summed E-state index contributed by atoms with van der Waals surface area (Å²) in [5.41, 5.74) is 0. The second-order valence-corrected chi connectivity index (χ2v) is 5.89. The number of anilines is 1. The first-order valence-electron chi connectivity index (χ1n) is 6.55. The number of hydrogen-bond acceptors (Lipinski definition) is 4. The molecule has 104 valence electrons. The zero-order valence-corrected chi connectivity index (χ0v) is 12.7. The molecule has 0 aliphatic carbocycles. The smallest absolute Gasteiger partial charge is 0.203 e. The van der Waals surface area contributed by atoms with E-state index < -0.39 is 0 Å². The number of imidazole rings is 1. The third-order valence-corrected chi connectivity index (χ3v) is 3.75. The molecule has 5 heteroatoms. The molecule has 2 unspecified atom stereocenters. The highest BCUT2D eigenvalue weighted by atomic mass is 32.2. The third-order valence-electron chi connectivity index (χ3n) is 2.82. The van der Waals surface area contributed by atoms with Crippen LogP contribution in [-0.4, -0.2) is 40.8 Å². The van der Waals surface area contributed by atoms with Crippen LogP contribution in [0.15, 0.2) is 12.4 Å². The Balaban J connectivity index is 2.52. The average Bonchev–Trinajstić information content (AvgIpc) is 2.77. The standard InChI is InChI=1S/C13H25N3OS/c1-5-18-9-6-12(3)16-8-7-14-13(16)15-11(2)10-17-4/h7-8,11-12H,5-6,9-10H2,1-4H3,(H,14,15). The number of hydrogen-bond donors (Lipinski definition) is 1. The highest BCUT2D eigenvalue weighted by molar-refractivity contribution is 7.99. The van der Waals surface area contributed by atoms with Crippen molar-refractivity contribution in [2.24, 2.45) is 0 Å². The summed E-state index contributed by atoms with van der Waals surface area (Å²) in [6, 6.07) is 0.747. The normalized spacial score (nSPS) is 14.4. The van der Waals surface area contributed by atoms with Crippen LogP contribution in [0, 0.1) is 0 Å². The Morgan fingerprint density at radius 2 is 2.28 bits per heavy atom. The van der Waals surface area contributed by atoms with Crippen LogP contribution in [0.4, 0.5) is 5.95 Å². The Kier molecular flexibility index (Phi) is 7.20. The molecule has 0 saturated heterocycles. The molecule has 2 atom stereocenters. The Bertz CT molecular complexity index is 330. The monoisotopic (exact) mass is 271 g/mol. The van der Waals surface area contributed by atoms with E-state index in [1.54, 1.807) is 7.11 Å². The number of methoxy groups -OCH3 is 1. The molecule has 0 radical (unpaired) electrons. The van der Waals surface area contributed by atoms with Gasteiger partial charge in [-0.1, -0.05) is 6.92 Å². The van der Waals surface area contributed by atoms with Crippen molar-refractivity contribution in [3.05, 3.63) is 12.4 Å². The van der Waals surface area contributed by atoms with Crippen LogP contribution in [0.2, 0.25) is 0 Å². The summed E-state index contributed by atoms with van der Waals surface area (Å²) in [6.45, 7) is 7.23. The predicted octanol–water partition coefficient (Wildman–Crippen LogP) is 3.03. The molecule has 1 aromatic heterocycles. The van der Waals surface area contributed by atoms with Crippen LogP contribution < -0.4 is 5.32 Å². The molecule has 0 amide bonds. The van der Waals surface area contributed by atoms with Gasteiger partial charge in [0.25, 0.3) is 0 Å². The van der Waals surface area contributed by atoms with Crippen molar-refractivity contribution >= 4 is 17.7 Å². The Labute approximate surface area is 115 Å². The molecular weight excluding hydrogens is 246 g/mol. The Morgan fingerprint density at radius 3 is 2.94 bits per heavy atom. The number of ether oxygens (including phenoxy) is 1. The van der Waals surface area contributed by atoms with Crippen LogP contribution in [0.25, 0.3) is 0 Å². The van der Waals surface area contributed by atoms with Crippen LogP contribution >= 0.6 is 11.8 Å².